The lowest BCUT2D eigenvalue weighted by Crippen LogP contribution is -2.20. The third-order valence-corrected chi connectivity index (χ3v) is 3.19. The van der Waals surface area contributed by atoms with Gasteiger partial charge in [0.05, 0.1) is 5.75 Å². The second kappa shape index (κ2) is 6.53. The number of nitrogens with zero attached hydrogens (tertiary/aromatic N) is 1. The largest absolute Gasteiger partial charge is 0.478 e. The highest BCUT2D eigenvalue weighted by molar-refractivity contribution is 7.99. The highest BCUT2D eigenvalue weighted by Gasteiger charge is 2.18. The highest BCUT2D eigenvalue weighted by atomic mass is 32.2. The van der Waals surface area contributed by atoms with Gasteiger partial charge in [-0.2, -0.15) is 4.98 Å². The fourth-order valence-electron chi connectivity index (χ4n) is 1.29. The van der Waals surface area contributed by atoms with E-state index in [1.54, 1.807) is 0 Å². The zero-order valence-corrected chi connectivity index (χ0v) is 11.0. The number of methoxy groups -OCH3 is 2. The van der Waals surface area contributed by atoms with E-state index in [0.717, 1.165) is 11.8 Å². The van der Waals surface area contributed by atoms with Crippen LogP contribution in [0.5, 0.6) is 0 Å². The summed E-state index contributed by atoms with van der Waals surface area (Å²) in [6.07, 6.45) is -0.488. The van der Waals surface area contributed by atoms with Crippen LogP contribution in [0, 0.1) is 6.92 Å². The van der Waals surface area contributed by atoms with Crippen LogP contribution in [-0.2, 0) is 9.47 Å². The first-order valence-electron chi connectivity index (χ1n) is 5.02. The van der Waals surface area contributed by atoms with Gasteiger partial charge in [0, 0.05) is 19.9 Å². The van der Waals surface area contributed by atoms with Crippen LogP contribution in [0.4, 0.5) is 0 Å². The molecular weight excluding hydrogens is 260 g/mol. The number of thioether (sulfide) groups is 1. The second-order valence-electron chi connectivity index (χ2n) is 3.36. The van der Waals surface area contributed by atoms with Crippen molar-refractivity contribution < 1.29 is 19.4 Å². The SMILES string of the molecule is COC(CSc1nc(=O)[nH]c(C)c1C(=O)O)OC. The van der Waals surface area contributed by atoms with E-state index in [0.29, 0.717) is 5.75 Å². The van der Waals surface area contributed by atoms with E-state index in [9.17, 15) is 9.59 Å². The zero-order valence-electron chi connectivity index (χ0n) is 10.2. The van der Waals surface area contributed by atoms with Crippen molar-refractivity contribution in [2.75, 3.05) is 20.0 Å². The molecule has 0 radical (unpaired) electrons. The van der Waals surface area contributed by atoms with Gasteiger partial charge in [0.25, 0.3) is 0 Å². The Morgan fingerprint density at radius 2 is 2.11 bits per heavy atom. The van der Waals surface area contributed by atoms with Gasteiger partial charge < -0.3 is 19.6 Å². The van der Waals surface area contributed by atoms with E-state index in [1.807, 2.05) is 0 Å². The van der Waals surface area contributed by atoms with Crippen LogP contribution in [0.3, 0.4) is 0 Å². The van der Waals surface area contributed by atoms with Crippen molar-refractivity contribution in [3.63, 3.8) is 0 Å². The average Bonchev–Trinajstić information content (AvgIpc) is 2.28. The van der Waals surface area contributed by atoms with Gasteiger partial charge in [0.15, 0.2) is 6.29 Å². The minimum atomic E-state index is -1.13. The van der Waals surface area contributed by atoms with Gasteiger partial charge in [-0.15, -0.1) is 11.8 Å². The third-order valence-electron chi connectivity index (χ3n) is 2.18. The summed E-state index contributed by atoms with van der Waals surface area (Å²) in [6.45, 7) is 1.51. The van der Waals surface area contributed by atoms with Crippen molar-refractivity contribution in [1.29, 1.82) is 0 Å². The molecule has 1 rings (SSSR count). The van der Waals surface area contributed by atoms with Crippen LogP contribution in [0.15, 0.2) is 9.82 Å². The lowest BCUT2D eigenvalue weighted by molar-refractivity contribution is -0.0842. The molecule has 0 aromatic carbocycles. The van der Waals surface area contributed by atoms with E-state index in [1.165, 1.54) is 21.1 Å². The van der Waals surface area contributed by atoms with Crippen molar-refractivity contribution in [3.8, 4) is 0 Å². The maximum atomic E-state index is 11.2. The number of aromatic nitrogens is 2. The molecule has 0 aliphatic carbocycles. The lowest BCUT2D eigenvalue weighted by atomic mass is 10.2. The zero-order chi connectivity index (χ0) is 13.7. The monoisotopic (exact) mass is 274 g/mol. The van der Waals surface area contributed by atoms with Crippen molar-refractivity contribution in [3.05, 3.63) is 21.7 Å². The van der Waals surface area contributed by atoms with Crippen molar-refractivity contribution in [1.82, 2.24) is 9.97 Å². The maximum absolute atomic E-state index is 11.2. The molecule has 1 aromatic heterocycles. The van der Waals surface area contributed by atoms with Crippen LogP contribution < -0.4 is 5.69 Å². The van der Waals surface area contributed by atoms with Crippen molar-refractivity contribution >= 4 is 17.7 Å². The Kier molecular flexibility index (Phi) is 5.32. The summed E-state index contributed by atoms with van der Waals surface area (Å²) in [4.78, 5) is 28.3. The number of hydrogen-bond acceptors (Lipinski definition) is 6. The second-order valence-corrected chi connectivity index (χ2v) is 4.37. The molecule has 7 nitrogen and oxygen atoms in total. The molecule has 1 aromatic rings. The average molecular weight is 274 g/mol. The van der Waals surface area contributed by atoms with Crippen molar-refractivity contribution in [2.24, 2.45) is 0 Å². The minimum Gasteiger partial charge on any atom is -0.478 e. The van der Waals surface area contributed by atoms with E-state index in [4.69, 9.17) is 14.6 Å². The molecule has 0 bridgehead atoms. The number of nitrogens with one attached hydrogen (secondary N) is 1. The summed E-state index contributed by atoms with van der Waals surface area (Å²) in [5.74, 6) is -0.798. The summed E-state index contributed by atoms with van der Waals surface area (Å²) in [5.41, 5.74) is -0.312. The Hall–Kier alpha value is -1.38. The van der Waals surface area contributed by atoms with Gasteiger partial charge in [0.2, 0.25) is 0 Å². The quantitative estimate of drug-likeness (QED) is 0.442. The molecule has 0 atom stereocenters. The van der Waals surface area contributed by atoms with Crippen LogP contribution in [-0.4, -0.2) is 47.3 Å². The molecule has 0 spiro atoms. The molecule has 2 N–H and O–H groups in total. The molecule has 0 aliphatic heterocycles. The number of aromatic carboxylic acids is 1. The standard InChI is InChI=1S/C10H14N2O5S/c1-5-7(9(13)14)8(12-10(15)11-5)18-4-6(16-2)17-3/h6H,4H2,1-3H3,(H,13,14)(H,11,12,15). The van der Waals surface area contributed by atoms with Crippen LogP contribution in [0.1, 0.15) is 16.1 Å². The smallest absolute Gasteiger partial charge is 0.346 e. The minimum absolute atomic E-state index is 0.00874. The number of carboxylic acids is 1. The van der Waals surface area contributed by atoms with E-state index in [2.05, 4.69) is 9.97 Å². The van der Waals surface area contributed by atoms with Crippen LogP contribution in [0.25, 0.3) is 0 Å². The molecule has 8 heteroatoms. The number of carbonyl (C=O) groups is 1. The summed E-state index contributed by atoms with van der Waals surface area (Å²) >= 11 is 1.10. The number of rotatable bonds is 6. The van der Waals surface area contributed by atoms with Crippen LogP contribution in [0.2, 0.25) is 0 Å². The number of aromatic amines is 1. The summed E-state index contributed by atoms with van der Waals surface area (Å²) in [5, 5.41) is 9.23. The molecule has 100 valence electrons. The van der Waals surface area contributed by atoms with E-state index >= 15 is 0 Å². The Balaban J connectivity index is 3.00. The van der Waals surface area contributed by atoms with Crippen LogP contribution >= 0.6 is 11.8 Å². The molecule has 0 saturated carbocycles. The van der Waals surface area contributed by atoms with Gasteiger partial charge in [-0.3, -0.25) is 0 Å². The number of ether oxygens (including phenoxy) is 2. The van der Waals surface area contributed by atoms with Gasteiger partial charge in [-0.25, -0.2) is 9.59 Å². The van der Waals surface area contributed by atoms with E-state index < -0.39 is 17.9 Å². The van der Waals surface area contributed by atoms with Gasteiger partial charge >= 0.3 is 11.7 Å². The van der Waals surface area contributed by atoms with Gasteiger partial charge in [0.1, 0.15) is 10.6 Å². The molecule has 0 saturated heterocycles. The predicted octanol–water partition coefficient (Wildman–Crippen LogP) is 0.488. The Labute approximate surface area is 108 Å². The Morgan fingerprint density at radius 1 is 1.50 bits per heavy atom. The number of aryl methyl sites for hydroxylation is 1. The summed E-state index contributed by atoms with van der Waals surface area (Å²) in [6, 6.07) is 0. The molecule has 0 fully saturated rings. The number of H-pyrrole nitrogens is 1. The summed E-state index contributed by atoms with van der Waals surface area (Å²) < 4.78 is 9.96. The Morgan fingerprint density at radius 3 is 2.61 bits per heavy atom. The molecule has 0 unspecified atom stereocenters. The Bertz CT molecular complexity index is 484. The summed E-state index contributed by atoms with van der Waals surface area (Å²) in [7, 11) is 2.95. The molecule has 1 heterocycles. The highest BCUT2D eigenvalue weighted by Crippen LogP contribution is 2.22. The van der Waals surface area contributed by atoms with Gasteiger partial charge in [-0.05, 0) is 6.92 Å². The fraction of sp³-hybridized carbons (Fsp3) is 0.500. The maximum Gasteiger partial charge on any atom is 0.346 e. The first kappa shape index (κ1) is 14.7. The first-order valence-corrected chi connectivity index (χ1v) is 6.00. The molecule has 0 aliphatic rings. The first-order chi connectivity index (χ1) is 8.49. The molecule has 0 amide bonds. The lowest BCUT2D eigenvalue weighted by Gasteiger charge is -2.13. The number of carboxylic acid groups (broad SMARTS) is 1. The van der Waals surface area contributed by atoms with Crippen molar-refractivity contribution in [2.45, 2.75) is 18.2 Å². The topological polar surface area (TPSA) is 102 Å². The molecular formula is C10H14N2O5S. The van der Waals surface area contributed by atoms with Gasteiger partial charge in [-0.1, -0.05) is 0 Å². The fourth-order valence-corrected chi connectivity index (χ4v) is 2.39. The molecule has 18 heavy (non-hydrogen) atoms. The normalized spacial score (nSPS) is 10.9. The number of hydrogen-bond donors (Lipinski definition) is 2. The predicted molar refractivity (Wildman–Crippen MR) is 65.1 cm³/mol. The van der Waals surface area contributed by atoms with E-state index in [-0.39, 0.29) is 16.3 Å². The third kappa shape index (κ3) is 3.56.